The smallest absolute Gasteiger partial charge is 0.410 e. The van der Waals surface area contributed by atoms with Gasteiger partial charge in [-0.15, -0.1) is 0 Å². The molecule has 5 nitrogen and oxygen atoms in total. The molecule has 0 bridgehead atoms. The Morgan fingerprint density at radius 3 is 2.71 bits per heavy atom. The molecular weight excluding hydrogens is 302 g/mol. The van der Waals surface area contributed by atoms with Gasteiger partial charge in [0.05, 0.1) is 0 Å². The summed E-state index contributed by atoms with van der Waals surface area (Å²) in [6, 6.07) is 8.61. The summed E-state index contributed by atoms with van der Waals surface area (Å²) in [4.78, 5) is 18.2. The molecule has 2 heterocycles. The number of hydrogen-bond donors (Lipinski definition) is 1. The molecule has 24 heavy (non-hydrogen) atoms. The van der Waals surface area contributed by atoms with Crippen molar-refractivity contribution < 1.29 is 9.53 Å². The minimum atomic E-state index is -0.442. The van der Waals surface area contributed by atoms with E-state index in [4.69, 9.17) is 4.74 Å². The van der Waals surface area contributed by atoms with Crippen LogP contribution in [0, 0.1) is 0 Å². The van der Waals surface area contributed by atoms with Gasteiger partial charge in [0.1, 0.15) is 5.60 Å². The molecule has 1 aromatic carbocycles. The highest BCUT2D eigenvalue weighted by atomic mass is 16.6. The second-order valence-corrected chi connectivity index (χ2v) is 7.29. The Morgan fingerprint density at radius 1 is 1.25 bits per heavy atom. The number of benzene rings is 1. The predicted octanol–water partition coefficient (Wildman–Crippen LogP) is 4.05. The van der Waals surface area contributed by atoms with Gasteiger partial charge < -0.3 is 15.0 Å². The van der Waals surface area contributed by atoms with E-state index in [1.807, 2.05) is 39.2 Å². The first-order chi connectivity index (χ1) is 11.4. The number of carbonyl (C=O) groups is 1. The maximum absolute atomic E-state index is 12.1. The van der Waals surface area contributed by atoms with Gasteiger partial charge in [0.15, 0.2) is 0 Å². The van der Waals surface area contributed by atoms with Gasteiger partial charge in [0.25, 0.3) is 0 Å². The number of anilines is 1. The molecule has 1 saturated heterocycles. The molecule has 0 atom stereocenters. The minimum Gasteiger partial charge on any atom is -0.444 e. The molecule has 1 aliphatic heterocycles. The lowest BCUT2D eigenvalue weighted by Gasteiger charge is -2.34. The molecule has 1 fully saturated rings. The Bertz CT molecular complexity index is 711. The summed E-state index contributed by atoms with van der Waals surface area (Å²) in [6.07, 6.45) is 5.32. The number of carbonyl (C=O) groups excluding carboxylic acids is 1. The van der Waals surface area contributed by atoms with Crippen LogP contribution < -0.4 is 5.32 Å². The summed E-state index contributed by atoms with van der Waals surface area (Å²) in [6.45, 7) is 7.13. The molecule has 1 aromatic heterocycles. The third kappa shape index (κ3) is 3.96. The zero-order chi connectivity index (χ0) is 17.2. The van der Waals surface area contributed by atoms with Crippen molar-refractivity contribution in [1.82, 2.24) is 9.88 Å². The number of likely N-dealkylation sites (tertiary alicyclic amines) is 1. The second-order valence-electron chi connectivity index (χ2n) is 7.29. The molecule has 0 saturated carbocycles. The fraction of sp³-hybridized carbons (Fsp3) is 0.474. The number of nitrogens with zero attached hydrogens (tertiary/aromatic N) is 2. The first-order valence-corrected chi connectivity index (χ1v) is 8.49. The van der Waals surface area contributed by atoms with Crippen LogP contribution in [0.1, 0.15) is 33.6 Å². The molecule has 5 heteroatoms. The van der Waals surface area contributed by atoms with Crippen molar-refractivity contribution in [2.45, 2.75) is 45.3 Å². The Labute approximate surface area is 143 Å². The normalized spacial score (nSPS) is 16.2. The van der Waals surface area contributed by atoms with Gasteiger partial charge in [-0.3, -0.25) is 4.98 Å². The van der Waals surface area contributed by atoms with E-state index < -0.39 is 5.60 Å². The summed E-state index contributed by atoms with van der Waals surface area (Å²) in [5.74, 6) is 0. The molecule has 1 N–H and O–H groups in total. The fourth-order valence-electron chi connectivity index (χ4n) is 2.99. The molecular formula is C19H25N3O2. The van der Waals surface area contributed by atoms with E-state index in [2.05, 4.69) is 28.5 Å². The van der Waals surface area contributed by atoms with Gasteiger partial charge in [0, 0.05) is 42.6 Å². The van der Waals surface area contributed by atoms with Gasteiger partial charge in [-0.2, -0.15) is 0 Å². The third-order valence-corrected chi connectivity index (χ3v) is 4.19. The summed E-state index contributed by atoms with van der Waals surface area (Å²) in [5, 5.41) is 5.93. The Kier molecular flexibility index (Phi) is 4.60. The lowest BCUT2D eigenvalue weighted by molar-refractivity contribution is 0.0210. The topological polar surface area (TPSA) is 54.5 Å². The predicted molar refractivity (Wildman–Crippen MR) is 96.2 cm³/mol. The Balaban J connectivity index is 1.60. The number of amides is 1. The van der Waals surface area contributed by atoms with E-state index in [0.29, 0.717) is 6.04 Å². The average molecular weight is 327 g/mol. The zero-order valence-electron chi connectivity index (χ0n) is 14.6. The molecule has 3 rings (SSSR count). The van der Waals surface area contributed by atoms with Crippen LogP contribution in [0.25, 0.3) is 10.8 Å². The second kappa shape index (κ2) is 6.67. The summed E-state index contributed by atoms with van der Waals surface area (Å²) < 4.78 is 5.45. The highest BCUT2D eigenvalue weighted by molar-refractivity contribution is 5.93. The molecule has 0 spiro atoms. The van der Waals surface area contributed by atoms with Crippen molar-refractivity contribution in [1.29, 1.82) is 0 Å². The van der Waals surface area contributed by atoms with Crippen LogP contribution in [-0.4, -0.2) is 40.7 Å². The van der Waals surface area contributed by atoms with Crippen LogP contribution in [0.15, 0.2) is 36.7 Å². The largest absolute Gasteiger partial charge is 0.444 e. The average Bonchev–Trinajstić information content (AvgIpc) is 2.54. The van der Waals surface area contributed by atoms with Crippen LogP contribution in [0.4, 0.5) is 10.5 Å². The molecule has 0 aliphatic carbocycles. The molecule has 0 radical (unpaired) electrons. The van der Waals surface area contributed by atoms with E-state index >= 15 is 0 Å². The Hall–Kier alpha value is -2.30. The van der Waals surface area contributed by atoms with Crippen LogP contribution in [-0.2, 0) is 4.74 Å². The third-order valence-electron chi connectivity index (χ3n) is 4.19. The maximum Gasteiger partial charge on any atom is 0.410 e. The number of nitrogens with one attached hydrogen (secondary N) is 1. The SMILES string of the molecule is CC(C)(C)OC(=O)N1CCC(Nc2cccc3ccncc23)CC1. The van der Waals surface area contributed by atoms with Crippen molar-refractivity contribution in [3.8, 4) is 0 Å². The molecule has 0 unspecified atom stereocenters. The number of rotatable bonds is 2. The number of hydrogen-bond acceptors (Lipinski definition) is 4. The number of ether oxygens (including phenoxy) is 1. The molecule has 1 amide bonds. The number of pyridine rings is 1. The van der Waals surface area contributed by atoms with Crippen LogP contribution >= 0.6 is 0 Å². The summed E-state index contributed by atoms with van der Waals surface area (Å²) >= 11 is 0. The van der Waals surface area contributed by atoms with Crippen LogP contribution in [0.3, 0.4) is 0 Å². The van der Waals surface area contributed by atoms with Crippen molar-refractivity contribution in [3.05, 3.63) is 36.7 Å². The summed E-state index contributed by atoms with van der Waals surface area (Å²) in [5.41, 5.74) is 0.665. The standard InChI is InChI=1S/C19H25N3O2/c1-19(2,3)24-18(23)22-11-8-15(9-12-22)21-17-6-4-5-14-7-10-20-13-16(14)17/h4-7,10,13,15,21H,8-9,11-12H2,1-3H3. The zero-order valence-corrected chi connectivity index (χ0v) is 14.6. The summed E-state index contributed by atoms with van der Waals surface area (Å²) in [7, 11) is 0. The highest BCUT2D eigenvalue weighted by Crippen LogP contribution is 2.25. The van der Waals surface area contributed by atoms with E-state index in [-0.39, 0.29) is 6.09 Å². The van der Waals surface area contributed by atoms with E-state index in [1.165, 1.54) is 5.39 Å². The number of aromatic nitrogens is 1. The van der Waals surface area contributed by atoms with Crippen molar-refractivity contribution >= 4 is 22.6 Å². The maximum atomic E-state index is 12.1. The first-order valence-electron chi connectivity index (χ1n) is 8.49. The number of fused-ring (bicyclic) bond motifs is 1. The lowest BCUT2D eigenvalue weighted by atomic mass is 10.0. The van der Waals surface area contributed by atoms with Crippen LogP contribution in [0.2, 0.25) is 0 Å². The van der Waals surface area contributed by atoms with Gasteiger partial charge in [-0.1, -0.05) is 12.1 Å². The first kappa shape index (κ1) is 16.6. The molecule has 1 aliphatic rings. The highest BCUT2D eigenvalue weighted by Gasteiger charge is 2.26. The minimum absolute atomic E-state index is 0.213. The molecule has 2 aromatic rings. The van der Waals surface area contributed by atoms with Gasteiger partial charge in [0.2, 0.25) is 0 Å². The van der Waals surface area contributed by atoms with Crippen molar-refractivity contribution in [2.24, 2.45) is 0 Å². The van der Waals surface area contributed by atoms with Crippen LogP contribution in [0.5, 0.6) is 0 Å². The quantitative estimate of drug-likeness (QED) is 0.904. The fourth-order valence-corrected chi connectivity index (χ4v) is 2.99. The number of piperidine rings is 1. The van der Waals surface area contributed by atoms with E-state index in [9.17, 15) is 4.79 Å². The van der Waals surface area contributed by atoms with Crippen molar-refractivity contribution in [2.75, 3.05) is 18.4 Å². The van der Waals surface area contributed by atoms with E-state index in [1.54, 1.807) is 4.90 Å². The Morgan fingerprint density at radius 2 is 2.00 bits per heavy atom. The lowest BCUT2D eigenvalue weighted by Crippen LogP contribution is -2.44. The van der Waals surface area contributed by atoms with Gasteiger partial charge in [-0.05, 0) is 51.1 Å². The van der Waals surface area contributed by atoms with Crippen molar-refractivity contribution in [3.63, 3.8) is 0 Å². The van der Waals surface area contributed by atoms with Gasteiger partial charge in [-0.25, -0.2) is 4.79 Å². The monoisotopic (exact) mass is 327 g/mol. The molecule has 128 valence electrons. The van der Waals surface area contributed by atoms with E-state index in [0.717, 1.165) is 37.0 Å². The van der Waals surface area contributed by atoms with Gasteiger partial charge >= 0.3 is 6.09 Å².